The van der Waals surface area contributed by atoms with Crippen LogP contribution in [0.1, 0.15) is 39.2 Å². The molecule has 3 heterocycles. The predicted octanol–water partition coefficient (Wildman–Crippen LogP) is 4.43. The van der Waals surface area contributed by atoms with Crippen molar-refractivity contribution in [1.29, 1.82) is 0 Å². The molecule has 3 aliphatic heterocycles. The number of nitrogens with zero attached hydrogens (tertiary/aromatic N) is 2. The highest BCUT2D eigenvalue weighted by atomic mass is 35.5. The van der Waals surface area contributed by atoms with Crippen LogP contribution in [0.3, 0.4) is 0 Å². The Labute approximate surface area is 265 Å². The van der Waals surface area contributed by atoms with Crippen molar-refractivity contribution in [2.24, 2.45) is 5.92 Å². The fraction of sp³-hybridized carbons (Fsp3) is 0.625. The minimum absolute atomic E-state index is 0.313. The van der Waals surface area contributed by atoms with Gasteiger partial charge in [-0.25, -0.2) is 9.59 Å². The van der Waals surface area contributed by atoms with Gasteiger partial charge in [0.25, 0.3) is 0 Å². The molecule has 1 atom stereocenters. The molecule has 0 bridgehead atoms. The summed E-state index contributed by atoms with van der Waals surface area (Å²) < 4.78 is 22.9. The molecule has 9 nitrogen and oxygen atoms in total. The molecule has 2 saturated heterocycles. The van der Waals surface area contributed by atoms with E-state index in [2.05, 4.69) is 21.2 Å². The average Bonchev–Trinajstić information content (AvgIpc) is 2.95. The number of aryl methyl sites for hydroxylation is 1. The second-order valence-corrected chi connectivity index (χ2v) is 13.0. The topological polar surface area (TPSA) is 89.6 Å². The standard InChI is InChI=1S/C32H46ClN3O6S/c1-22-17-26(33)19-28(18-22)43-16-6-5-11-41-31(37)29-23(2)30(25(4)34-24(29)3)32(38)42-27(20-35-7-12-39-13-8-35)21-36-9-14-40-15-10-36/h17-19,23,27,34H,5-16,20-21H2,1-4H3. The number of ether oxygens (including phenoxy) is 4. The quantitative estimate of drug-likeness (QED) is 0.191. The number of benzene rings is 1. The first-order valence-electron chi connectivity index (χ1n) is 15.3. The number of halogens is 1. The zero-order valence-corrected chi connectivity index (χ0v) is 27.5. The third kappa shape index (κ3) is 10.2. The minimum atomic E-state index is -0.449. The van der Waals surface area contributed by atoms with Crippen molar-refractivity contribution in [3.05, 3.63) is 51.3 Å². The number of morpholine rings is 2. The Hall–Kier alpha value is -2.08. The molecule has 43 heavy (non-hydrogen) atoms. The summed E-state index contributed by atoms with van der Waals surface area (Å²) in [5.41, 5.74) is 3.49. The number of carbonyl (C=O) groups excluding carboxylic acids is 2. The van der Waals surface area contributed by atoms with Gasteiger partial charge in [-0.2, -0.15) is 0 Å². The van der Waals surface area contributed by atoms with Gasteiger partial charge in [-0.05, 0) is 63.1 Å². The van der Waals surface area contributed by atoms with Crippen LogP contribution >= 0.6 is 23.4 Å². The van der Waals surface area contributed by atoms with E-state index in [0.717, 1.165) is 60.3 Å². The summed E-state index contributed by atoms with van der Waals surface area (Å²) in [6, 6.07) is 6.03. The zero-order valence-electron chi connectivity index (χ0n) is 25.9. The fourth-order valence-corrected chi connectivity index (χ4v) is 7.20. The smallest absolute Gasteiger partial charge is 0.336 e. The van der Waals surface area contributed by atoms with Crippen LogP contribution in [0.15, 0.2) is 45.6 Å². The van der Waals surface area contributed by atoms with Gasteiger partial charge in [0.05, 0.1) is 44.2 Å². The van der Waals surface area contributed by atoms with E-state index in [1.165, 1.54) is 0 Å². The van der Waals surface area contributed by atoms with E-state index in [-0.39, 0.29) is 6.10 Å². The summed E-state index contributed by atoms with van der Waals surface area (Å²) in [5, 5.41) is 3.98. The zero-order chi connectivity index (χ0) is 30.8. The van der Waals surface area contributed by atoms with E-state index in [1.54, 1.807) is 11.8 Å². The number of thioether (sulfide) groups is 1. The van der Waals surface area contributed by atoms with Gasteiger partial charge in [0.15, 0.2) is 0 Å². The second-order valence-electron chi connectivity index (χ2n) is 11.4. The van der Waals surface area contributed by atoms with Crippen LogP contribution in [-0.2, 0) is 28.5 Å². The number of rotatable bonds is 13. The molecule has 1 aromatic rings. The molecule has 1 unspecified atom stereocenters. The van der Waals surface area contributed by atoms with Crippen LogP contribution in [0.5, 0.6) is 0 Å². The van der Waals surface area contributed by atoms with Crippen LogP contribution < -0.4 is 5.32 Å². The summed E-state index contributed by atoms with van der Waals surface area (Å²) in [6.45, 7) is 15.2. The summed E-state index contributed by atoms with van der Waals surface area (Å²) in [4.78, 5) is 32.6. The molecule has 0 aromatic heterocycles. The molecule has 1 aromatic carbocycles. The van der Waals surface area contributed by atoms with E-state index < -0.39 is 17.9 Å². The SMILES string of the molecule is CC1=C(C(=O)OCCCCSc2cc(C)cc(Cl)c2)C(C)C(C(=O)OC(CN2CCOCC2)CN2CCOCC2)=C(C)N1. The molecule has 3 aliphatic rings. The lowest BCUT2D eigenvalue weighted by Gasteiger charge is -2.35. The molecule has 1 N–H and O–H groups in total. The van der Waals surface area contributed by atoms with Crippen LogP contribution in [0.2, 0.25) is 5.02 Å². The number of carbonyl (C=O) groups is 2. The van der Waals surface area contributed by atoms with Gasteiger partial charge in [0, 0.05) is 66.5 Å². The molecule has 0 amide bonds. The van der Waals surface area contributed by atoms with Crippen LogP contribution in [0.4, 0.5) is 0 Å². The maximum Gasteiger partial charge on any atom is 0.336 e. The maximum atomic E-state index is 13.7. The third-order valence-corrected chi connectivity index (χ3v) is 9.23. The second kappa shape index (κ2) is 16.8. The van der Waals surface area contributed by atoms with Gasteiger partial charge in [-0.15, -0.1) is 11.8 Å². The Morgan fingerprint density at radius 3 is 2.09 bits per heavy atom. The molecule has 0 spiro atoms. The Balaban J connectivity index is 1.30. The summed E-state index contributed by atoms with van der Waals surface area (Å²) in [6.07, 6.45) is 1.34. The van der Waals surface area contributed by atoms with Crippen LogP contribution in [0.25, 0.3) is 0 Å². The van der Waals surface area contributed by atoms with Gasteiger partial charge in [0.2, 0.25) is 0 Å². The van der Waals surface area contributed by atoms with Crippen molar-refractivity contribution >= 4 is 35.3 Å². The molecular formula is C32H46ClN3O6S. The minimum Gasteiger partial charge on any atom is -0.462 e. The monoisotopic (exact) mass is 635 g/mol. The number of hydrogen-bond acceptors (Lipinski definition) is 10. The number of hydrogen-bond donors (Lipinski definition) is 1. The van der Waals surface area contributed by atoms with E-state index in [4.69, 9.17) is 30.5 Å². The number of esters is 2. The van der Waals surface area contributed by atoms with Gasteiger partial charge in [0.1, 0.15) is 6.10 Å². The Bertz CT molecular complexity index is 1140. The maximum absolute atomic E-state index is 13.7. The van der Waals surface area contributed by atoms with E-state index in [9.17, 15) is 9.59 Å². The van der Waals surface area contributed by atoms with Crippen molar-refractivity contribution in [2.75, 3.05) is 78.1 Å². The van der Waals surface area contributed by atoms with Gasteiger partial charge in [-0.3, -0.25) is 9.80 Å². The highest BCUT2D eigenvalue weighted by Gasteiger charge is 2.35. The average molecular weight is 636 g/mol. The Morgan fingerprint density at radius 1 is 0.930 bits per heavy atom. The number of nitrogens with one attached hydrogen (secondary N) is 1. The van der Waals surface area contributed by atoms with Crippen LogP contribution in [0, 0.1) is 12.8 Å². The highest BCUT2D eigenvalue weighted by molar-refractivity contribution is 7.99. The Morgan fingerprint density at radius 2 is 1.51 bits per heavy atom. The third-order valence-electron chi connectivity index (χ3n) is 7.95. The molecule has 0 saturated carbocycles. The molecule has 0 radical (unpaired) electrons. The molecule has 2 fully saturated rings. The molecule has 238 valence electrons. The molecule has 4 rings (SSSR count). The summed E-state index contributed by atoms with van der Waals surface area (Å²) in [5.74, 6) is -0.331. The fourth-order valence-electron chi connectivity index (χ4n) is 5.78. The number of allylic oxidation sites excluding steroid dienone is 2. The van der Waals surface area contributed by atoms with Crippen molar-refractivity contribution < 1.29 is 28.5 Å². The normalized spacial score (nSPS) is 20.4. The van der Waals surface area contributed by atoms with Gasteiger partial charge in [-0.1, -0.05) is 18.5 Å². The van der Waals surface area contributed by atoms with Crippen LogP contribution in [-0.4, -0.2) is 106 Å². The molecule has 11 heteroatoms. The van der Waals surface area contributed by atoms with E-state index in [1.807, 2.05) is 39.8 Å². The first-order chi connectivity index (χ1) is 20.7. The molecule has 0 aliphatic carbocycles. The first-order valence-corrected chi connectivity index (χ1v) is 16.6. The van der Waals surface area contributed by atoms with E-state index >= 15 is 0 Å². The van der Waals surface area contributed by atoms with Crippen molar-refractivity contribution in [3.8, 4) is 0 Å². The van der Waals surface area contributed by atoms with Gasteiger partial charge < -0.3 is 24.3 Å². The van der Waals surface area contributed by atoms with Gasteiger partial charge >= 0.3 is 11.9 Å². The summed E-state index contributed by atoms with van der Waals surface area (Å²) in [7, 11) is 0. The number of unbranched alkanes of at least 4 members (excludes halogenated alkanes) is 1. The lowest BCUT2D eigenvalue weighted by atomic mass is 9.87. The lowest BCUT2D eigenvalue weighted by Crippen LogP contribution is -2.48. The lowest BCUT2D eigenvalue weighted by molar-refractivity contribution is -0.148. The number of dihydropyridines is 1. The first kappa shape index (κ1) is 33.8. The Kier molecular flexibility index (Phi) is 13.2. The highest BCUT2D eigenvalue weighted by Crippen LogP contribution is 2.31. The van der Waals surface area contributed by atoms with E-state index in [0.29, 0.717) is 68.7 Å². The van der Waals surface area contributed by atoms with Crippen molar-refractivity contribution in [3.63, 3.8) is 0 Å². The largest absolute Gasteiger partial charge is 0.462 e. The molecular weight excluding hydrogens is 590 g/mol. The van der Waals surface area contributed by atoms with Crippen molar-refractivity contribution in [1.82, 2.24) is 15.1 Å². The van der Waals surface area contributed by atoms with Crippen molar-refractivity contribution in [2.45, 2.75) is 51.5 Å². The predicted molar refractivity (Wildman–Crippen MR) is 169 cm³/mol. The summed E-state index contributed by atoms with van der Waals surface area (Å²) >= 11 is 7.91.